The second-order valence-corrected chi connectivity index (χ2v) is 5.31. The average Bonchev–Trinajstić information content (AvgIpc) is 2.31. The van der Waals surface area contributed by atoms with E-state index < -0.39 is 0 Å². The third kappa shape index (κ3) is 6.39. The largest absolute Gasteiger partial charge is 0.460 e. The lowest BCUT2D eigenvalue weighted by Crippen LogP contribution is -2.12. The van der Waals surface area contributed by atoms with Gasteiger partial charge < -0.3 is 9.47 Å². The zero-order valence-corrected chi connectivity index (χ0v) is 12.4. The highest BCUT2D eigenvalue weighted by Crippen LogP contribution is 2.10. The molecule has 0 saturated carbocycles. The summed E-state index contributed by atoms with van der Waals surface area (Å²) in [6, 6.07) is 5.72. The van der Waals surface area contributed by atoms with Gasteiger partial charge in [-0.05, 0) is 38.3 Å². The zero-order chi connectivity index (χ0) is 14.3. The molecule has 19 heavy (non-hydrogen) atoms. The minimum absolute atomic E-state index is 0.278. The van der Waals surface area contributed by atoms with E-state index in [2.05, 4.69) is 13.8 Å². The number of carbonyl (C=O) groups is 1. The molecule has 0 fully saturated rings. The molecule has 3 nitrogen and oxygen atoms in total. The topological polar surface area (TPSA) is 35.5 Å². The molecule has 0 aliphatic heterocycles. The van der Waals surface area contributed by atoms with Crippen LogP contribution in [0.1, 0.15) is 41.8 Å². The molecule has 0 heterocycles. The Balaban J connectivity index is 2.27. The van der Waals surface area contributed by atoms with Crippen molar-refractivity contribution in [2.75, 3.05) is 19.8 Å². The molecule has 0 saturated heterocycles. The van der Waals surface area contributed by atoms with Crippen LogP contribution < -0.4 is 0 Å². The van der Waals surface area contributed by atoms with Crippen LogP contribution in [0.5, 0.6) is 0 Å². The Labute approximate surface area is 115 Å². The van der Waals surface area contributed by atoms with Gasteiger partial charge in [-0.3, -0.25) is 0 Å². The maximum atomic E-state index is 11.8. The monoisotopic (exact) mass is 264 g/mol. The van der Waals surface area contributed by atoms with Crippen molar-refractivity contribution in [1.82, 2.24) is 0 Å². The summed E-state index contributed by atoms with van der Waals surface area (Å²) in [6.45, 7) is 9.75. The molecule has 1 aromatic rings. The van der Waals surface area contributed by atoms with Crippen LogP contribution in [0.15, 0.2) is 18.2 Å². The van der Waals surface area contributed by atoms with Crippen LogP contribution in [0.4, 0.5) is 0 Å². The number of rotatable bonds is 7. The molecule has 0 aromatic heterocycles. The second kappa shape index (κ2) is 7.95. The molecule has 0 aliphatic rings. The van der Waals surface area contributed by atoms with Gasteiger partial charge in [0.1, 0.15) is 6.61 Å². The predicted molar refractivity (Wildman–Crippen MR) is 76.5 cm³/mol. The predicted octanol–water partition coefficient (Wildman–Crippen LogP) is 3.52. The van der Waals surface area contributed by atoms with Crippen molar-refractivity contribution in [2.24, 2.45) is 5.92 Å². The van der Waals surface area contributed by atoms with Crippen molar-refractivity contribution in [3.05, 3.63) is 34.9 Å². The summed E-state index contributed by atoms with van der Waals surface area (Å²) in [7, 11) is 0. The normalized spacial score (nSPS) is 10.8. The van der Waals surface area contributed by atoms with Gasteiger partial charge in [-0.25, -0.2) is 4.79 Å². The standard InChI is InChI=1S/C16H24O3/c1-12(2)5-6-18-7-8-19-16(17)15-10-13(3)9-14(4)11-15/h9-12H,5-8H2,1-4H3. The third-order valence-electron chi connectivity index (χ3n) is 2.76. The number of benzene rings is 1. The smallest absolute Gasteiger partial charge is 0.338 e. The van der Waals surface area contributed by atoms with Crippen LogP contribution in [0.3, 0.4) is 0 Å². The molecular weight excluding hydrogens is 240 g/mol. The zero-order valence-electron chi connectivity index (χ0n) is 12.4. The van der Waals surface area contributed by atoms with Gasteiger partial charge in [0.15, 0.2) is 0 Å². The van der Waals surface area contributed by atoms with Gasteiger partial charge in [-0.15, -0.1) is 0 Å². The molecule has 106 valence electrons. The molecule has 1 rings (SSSR count). The van der Waals surface area contributed by atoms with E-state index >= 15 is 0 Å². The fourth-order valence-corrected chi connectivity index (χ4v) is 1.79. The van der Waals surface area contributed by atoms with E-state index in [1.807, 2.05) is 32.0 Å². The van der Waals surface area contributed by atoms with Gasteiger partial charge in [0.25, 0.3) is 0 Å². The molecule has 0 N–H and O–H groups in total. The number of carbonyl (C=O) groups excluding carboxylic acids is 1. The minimum atomic E-state index is -0.278. The number of aryl methyl sites for hydroxylation is 2. The molecular formula is C16H24O3. The highest BCUT2D eigenvalue weighted by atomic mass is 16.6. The van der Waals surface area contributed by atoms with Gasteiger partial charge in [0.2, 0.25) is 0 Å². The van der Waals surface area contributed by atoms with E-state index in [9.17, 15) is 4.79 Å². The van der Waals surface area contributed by atoms with Crippen LogP contribution in [0, 0.1) is 19.8 Å². The van der Waals surface area contributed by atoms with E-state index in [-0.39, 0.29) is 5.97 Å². The van der Waals surface area contributed by atoms with E-state index in [1.165, 1.54) is 0 Å². The Kier molecular flexibility index (Phi) is 6.57. The van der Waals surface area contributed by atoms with Crippen LogP contribution in [0.2, 0.25) is 0 Å². The summed E-state index contributed by atoms with van der Waals surface area (Å²) < 4.78 is 10.6. The molecule has 0 radical (unpaired) electrons. The molecule has 0 aliphatic carbocycles. The first-order valence-corrected chi connectivity index (χ1v) is 6.82. The van der Waals surface area contributed by atoms with E-state index in [0.717, 1.165) is 24.2 Å². The first-order chi connectivity index (χ1) is 8.99. The van der Waals surface area contributed by atoms with Crippen molar-refractivity contribution >= 4 is 5.97 Å². The van der Waals surface area contributed by atoms with Gasteiger partial charge in [0, 0.05) is 6.61 Å². The Bertz CT molecular complexity index is 390. The highest BCUT2D eigenvalue weighted by Gasteiger charge is 2.07. The van der Waals surface area contributed by atoms with E-state index in [4.69, 9.17) is 9.47 Å². The summed E-state index contributed by atoms with van der Waals surface area (Å²) in [5.74, 6) is 0.358. The number of hydrogen-bond acceptors (Lipinski definition) is 3. The molecule has 0 spiro atoms. The summed E-state index contributed by atoms with van der Waals surface area (Å²) in [5.41, 5.74) is 2.75. The van der Waals surface area contributed by atoms with Crippen molar-refractivity contribution in [2.45, 2.75) is 34.1 Å². The second-order valence-electron chi connectivity index (χ2n) is 5.31. The van der Waals surface area contributed by atoms with E-state index in [1.54, 1.807) is 0 Å². The summed E-state index contributed by atoms with van der Waals surface area (Å²) >= 11 is 0. The molecule has 1 aromatic carbocycles. The minimum Gasteiger partial charge on any atom is -0.460 e. The van der Waals surface area contributed by atoms with Gasteiger partial charge in [0.05, 0.1) is 12.2 Å². The van der Waals surface area contributed by atoms with Gasteiger partial charge in [-0.2, -0.15) is 0 Å². The molecule has 0 amide bonds. The summed E-state index contributed by atoms with van der Waals surface area (Å²) in [6.07, 6.45) is 1.03. The highest BCUT2D eigenvalue weighted by molar-refractivity contribution is 5.89. The lowest BCUT2D eigenvalue weighted by atomic mass is 10.1. The average molecular weight is 264 g/mol. The Morgan fingerprint density at radius 2 is 1.68 bits per heavy atom. The van der Waals surface area contributed by atoms with Gasteiger partial charge in [-0.1, -0.05) is 31.0 Å². The molecule has 0 bridgehead atoms. The van der Waals surface area contributed by atoms with Crippen molar-refractivity contribution in [1.29, 1.82) is 0 Å². The van der Waals surface area contributed by atoms with Crippen LogP contribution in [-0.4, -0.2) is 25.8 Å². The molecule has 0 unspecified atom stereocenters. The van der Waals surface area contributed by atoms with Crippen molar-refractivity contribution < 1.29 is 14.3 Å². The lowest BCUT2D eigenvalue weighted by molar-refractivity contribution is 0.0303. The first kappa shape index (κ1) is 15.7. The van der Waals surface area contributed by atoms with Gasteiger partial charge >= 0.3 is 5.97 Å². The maximum absolute atomic E-state index is 11.8. The van der Waals surface area contributed by atoms with E-state index in [0.29, 0.717) is 24.7 Å². The first-order valence-electron chi connectivity index (χ1n) is 6.82. The van der Waals surface area contributed by atoms with Crippen molar-refractivity contribution in [3.63, 3.8) is 0 Å². The third-order valence-corrected chi connectivity index (χ3v) is 2.76. The number of ether oxygens (including phenoxy) is 2. The maximum Gasteiger partial charge on any atom is 0.338 e. The number of esters is 1. The fourth-order valence-electron chi connectivity index (χ4n) is 1.79. The SMILES string of the molecule is Cc1cc(C)cc(C(=O)OCCOCCC(C)C)c1. The Morgan fingerprint density at radius 1 is 1.05 bits per heavy atom. The molecule has 3 heteroatoms. The fraction of sp³-hybridized carbons (Fsp3) is 0.562. The Morgan fingerprint density at radius 3 is 2.26 bits per heavy atom. The Hall–Kier alpha value is -1.35. The lowest BCUT2D eigenvalue weighted by Gasteiger charge is -2.08. The quantitative estimate of drug-likeness (QED) is 0.558. The van der Waals surface area contributed by atoms with Crippen LogP contribution >= 0.6 is 0 Å². The van der Waals surface area contributed by atoms with Crippen molar-refractivity contribution in [3.8, 4) is 0 Å². The van der Waals surface area contributed by atoms with Crippen LogP contribution in [-0.2, 0) is 9.47 Å². The summed E-state index contributed by atoms with van der Waals surface area (Å²) in [5, 5.41) is 0. The molecule has 0 atom stereocenters. The van der Waals surface area contributed by atoms with Crippen LogP contribution in [0.25, 0.3) is 0 Å². The number of hydrogen-bond donors (Lipinski definition) is 0. The summed E-state index contributed by atoms with van der Waals surface area (Å²) in [4.78, 5) is 11.8.